The summed E-state index contributed by atoms with van der Waals surface area (Å²) in [4.78, 5) is 24.9. The predicted octanol–water partition coefficient (Wildman–Crippen LogP) is 6.02. The second-order valence-electron chi connectivity index (χ2n) is 8.28. The van der Waals surface area contributed by atoms with E-state index in [0.29, 0.717) is 27.5 Å². The van der Waals surface area contributed by atoms with E-state index >= 15 is 0 Å². The molecule has 0 atom stereocenters. The Bertz CT molecular complexity index is 1150. The van der Waals surface area contributed by atoms with Crippen LogP contribution in [-0.2, 0) is 5.41 Å². The third kappa shape index (κ3) is 6.39. The molecule has 0 saturated heterocycles. The first-order valence-electron chi connectivity index (χ1n) is 10.0. The SMILES string of the molecule is CC(C)(C)c1ccc(C(=O)Nc2cccc(NC(=S)NC(=O)c3cccc(Cl)c3)c2)cc1. The molecule has 0 radical (unpaired) electrons. The second-order valence-corrected chi connectivity index (χ2v) is 9.13. The van der Waals surface area contributed by atoms with Gasteiger partial charge in [-0.1, -0.05) is 56.6 Å². The Labute approximate surface area is 198 Å². The molecule has 2 amide bonds. The standard InChI is InChI=1S/C25H24ClN3O2S/c1-25(2,3)18-12-10-16(11-13-18)22(30)27-20-8-5-9-21(15-20)28-24(32)29-23(31)17-6-4-7-19(26)14-17/h4-15H,1-3H3,(H,27,30)(H2,28,29,31,32). The van der Waals surface area contributed by atoms with Gasteiger partial charge in [-0.25, -0.2) is 0 Å². The van der Waals surface area contributed by atoms with Gasteiger partial charge in [0.25, 0.3) is 11.8 Å². The first-order valence-corrected chi connectivity index (χ1v) is 10.8. The van der Waals surface area contributed by atoms with Crippen molar-refractivity contribution >= 4 is 52.1 Å². The highest BCUT2D eigenvalue weighted by molar-refractivity contribution is 7.80. The van der Waals surface area contributed by atoms with E-state index in [0.717, 1.165) is 5.56 Å². The summed E-state index contributed by atoms with van der Waals surface area (Å²) in [5, 5.41) is 9.04. The van der Waals surface area contributed by atoms with E-state index in [2.05, 4.69) is 36.7 Å². The molecule has 0 heterocycles. The van der Waals surface area contributed by atoms with E-state index < -0.39 is 0 Å². The predicted molar refractivity (Wildman–Crippen MR) is 135 cm³/mol. The maximum Gasteiger partial charge on any atom is 0.257 e. The van der Waals surface area contributed by atoms with E-state index in [-0.39, 0.29) is 22.3 Å². The maximum atomic E-state index is 12.6. The summed E-state index contributed by atoms with van der Waals surface area (Å²) < 4.78 is 0. The van der Waals surface area contributed by atoms with Gasteiger partial charge in [-0.05, 0) is 71.7 Å². The normalized spacial score (nSPS) is 10.9. The van der Waals surface area contributed by atoms with Crippen molar-refractivity contribution in [2.45, 2.75) is 26.2 Å². The Morgan fingerprint density at radius 3 is 2.03 bits per heavy atom. The highest BCUT2D eigenvalue weighted by Crippen LogP contribution is 2.23. The molecule has 0 aliphatic carbocycles. The maximum absolute atomic E-state index is 12.6. The summed E-state index contributed by atoms with van der Waals surface area (Å²) in [6.45, 7) is 6.38. The van der Waals surface area contributed by atoms with Gasteiger partial charge in [0.15, 0.2) is 5.11 Å². The van der Waals surface area contributed by atoms with Crippen LogP contribution in [0, 0.1) is 0 Å². The van der Waals surface area contributed by atoms with Crippen LogP contribution in [0.1, 0.15) is 47.1 Å². The molecule has 3 aromatic carbocycles. The van der Waals surface area contributed by atoms with Crippen molar-refractivity contribution in [1.29, 1.82) is 0 Å². The molecule has 3 rings (SSSR count). The first-order chi connectivity index (χ1) is 15.1. The zero-order valence-electron chi connectivity index (χ0n) is 18.0. The Hall–Kier alpha value is -3.22. The van der Waals surface area contributed by atoms with Crippen LogP contribution in [0.3, 0.4) is 0 Å². The van der Waals surface area contributed by atoms with Crippen molar-refractivity contribution < 1.29 is 9.59 Å². The van der Waals surface area contributed by atoms with E-state index in [1.165, 1.54) is 0 Å². The van der Waals surface area contributed by atoms with Crippen molar-refractivity contribution in [1.82, 2.24) is 5.32 Å². The third-order valence-electron chi connectivity index (χ3n) is 4.71. The molecule has 5 nitrogen and oxygen atoms in total. The van der Waals surface area contributed by atoms with Crippen molar-refractivity contribution in [3.05, 3.63) is 94.5 Å². The van der Waals surface area contributed by atoms with Gasteiger partial charge < -0.3 is 10.6 Å². The van der Waals surface area contributed by atoms with Gasteiger partial charge in [-0.15, -0.1) is 0 Å². The molecule has 32 heavy (non-hydrogen) atoms. The smallest absolute Gasteiger partial charge is 0.257 e. The number of halogens is 1. The summed E-state index contributed by atoms with van der Waals surface area (Å²) in [7, 11) is 0. The first kappa shape index (κ1) is 23.4. The van der Waals surface area contributed by atoms with Crippen LogP contribution < -0.4 is 16.0 Å². The molecule has 0 aliphatic heterocycles. The van der Waals surface area contributed by atoms with Crippen LogP contribution in [0.25, 0.3) is 0 Å². The number of carbonyl (C=O) groups is 2. The third-order valence-corrected chi connectivity index (χ3v) is 5.14. The number of hydrogen-bond donors (Lipinski definition) is 3. The highest BCUT2D eigenvalue weighted by Gasteiger charge is 2.14. The molecule has 3 N–H and O–H groups in total. The summed E-state index contributed by atoms with van der Waals surface area (Å²) in [6, 6.07) is 21.2. The number of hydrogen-bond acceptors (Lipinski definition) is 3. The molecule has 0 bridgehead atoms. The van der Waals surface area contributed by atoms with Crippen LogP contribution in [0.15, 0.2) is 72.8 Å². The van der Waals surface area contributed by atoms with E-state index in [4.69, 9.17) is 23.8 Å². The van der Waals surface area contributed by atoms with Crippen molar-refractivity contribution in [2.75, 3.05) is 10.6 Å². The van der Waals surface area contributed by atoms with Crippen molar-refractivity contribution in [3.8, 4) is 0 Å². The highest BCUT2D eigenvalue weighted by atomic mass is 35.5. The average molecular weight is 466 g/mol. The number of benzene rings is 3. The fraction of sp³-hybridized carbons (Fsp3) is 0.160. The molecule has 0 aliphatic rings. The number of anilines is 2. The molecule has 0 spiro atoms. The molecule has 0 aromatic heterocycles. The lowest BCUT2D eigenvalue weighted by atomic mass is 9.87. The summed E-state index contributed by atoms with van der Waals surface area (Å²) in [5.41, 5.74) is 3.39. The van der Waals surface area contributed by atoms with E-state index in [1.807, 2.05) is 24.3 Å². The molecule has 0 fully saturated rings. The van der Waals surface area contributed by atoms with Crippen molar-refractivity contribution in [3.63, 3.8) is 0 Å². The Morgan fingerprint density at radius 1 is 0.781 bits per heavy atom. The van der Waals surface area contributed by atoms with Crippen LogP contribution in [0.2, 0.25) is 5.02 Å². The lowest BCUT2D eigenvalue weighted by Gasteiger charge is -2.19. The number of carbonyl (C=O) groups excluding carboxylic acids is 2. The Morgan fingerprint density at radius 2 is 1.41 bits per heavy atom. The van der Waals surface area contributed by atoms with Gasteiger partial charge in [-0.3, -0.25) is 14.9 Å². The molecule has 3 aromatic rings. The zero-order chi connectivity index (χ0) is 23.3. The van der Waals surface area contributed by atoms with Crippen LogP contribution in [0.4, 0.5) is 11.4 Å². The fourth-order valence-electron chi connectivity index (χ4n) is 2.97. The van der Waals surface area contributed by atoms with Gasteiger partial charge in [0.05, 0.1) is 0 Å². The number of nitrogens with one attached hydrogen (secondary N) is 3. The lowest BCUT2D eigenvalue weighted by molar-refractivity contribution is 0.0976. The molecular weight excluding hydrogens is 442 g/mol. The minimum absolute atomic E-state index is 0.0234. The molecule has 7 heteroatoms. The molecule has 164 valence electrons. The quantitative estimate of drug-likeness (QED) is 0.412. The van der Waals surface area contributed by atoms with Gasteiger partial charge in [-0.2, -0.15) is 0 Å². The summed E-state index contributed by atoms with van der Waals surface area (Å²) in [6.07, 6.45) is 0. The Balaban J connectivity index is 1.61. The van der Waals surface area contributed by atoms with Gasteiger partial charge in [0.2, 0.25) is 0 Å². The molecule has 0 unspecified atom stereocenters. The number of thiocarbonyl (C=S) groups is 1. The Kier molecular flexibility index (Phi) is 7.28. The molecular formula is C25H24ClN3O2S. The van der Waals surface area contributed by atoms with E-state index in [1.54, 1.807) is 48.5 Å². The summed E-state index contributed by atoms with van der Waals surface area (Å²) >= 11 is 11.2. The van der Waals surface area contributed by atoms with Crippen LogP contribution in [0.5, 0.6) is 0 Å². The number of rotatable bonds is 4. The molecule has 0 saturated carbocycles. The topological polar surface area (TPSA) is 70.2 Å². The largest absolute Gasteiger partial charge is 0.332 e. The minimum Gasteiger partial charge on any atom is -0.332 e. The monoisotopic (exact) mass is 465 g/mol. The van der Waals surface area contributed by atoms with Gasteiger partial charge in [0, 0.05) is 27.5 Å². The fourth-order valence-corrected chi connectivity index (χ4v) is 3.37. The van der Waals surface area contributed by atoms with Crippen LogP contribution in [-0.4, -0.2) is 16.9 Å². The second kappa shape index (κ2) is 9.94. The van der Waals surface area contributed by atoms with Gasteiger partial charge in [0.1, 0.15) is 0 Å². The number of amides is 2. The van der Waals surface area contributed by atoms with Gasteiger partial charge >= 0.3 is 0 Å². The average Bonchev–Trinajstić information content (AvgIpc) is 2.73. The van der Waals surface area contributed by atoms with Crippen molar-refractivity contribution in [2.24, 2.45) is 0 Å². The minimum atomic E-state index is -0.367. The zero-order valence-corrected chi connectivity index (χ0v) is 19.6. The summed E-state index contributed by atoms with van der Waals surface area (Å²) in [5.74, 6) is -0.576. The van der Waals surface area contributed by atoms with E-state index in [9.17, 15) is 9.59 Å². The lowest BCUT2D eigenvalue weighted by Crippen LogP contribution is -2.34. The van der Waals surface area contributed by atoms with Crippen LogP contribution >= 0.6 is 23.8 Å².